The Hall–Kier alpha value is -2.73. The van der Waals surface area contributed by atoms with Crippen LogP contribution in [-0.4, -0.2) is 54.3 Å². The third kappa shape index (κ3) is 5.14. The van der Waals surface area contributed by atoms with E-state index in [0.717, 1.165) is 11.1 Å². The average Bonchev–Trinajstić information content (AvgIpc) is 2.68. The van der Waals surface area contributed by atoms with Crippen molar-refractivity contribution in [2.75, 3.05) is 32.7 Å². The molecular formula is C21H24FN3O2. The number of nitrogens with zero attached hydrogens (tertiary/aromatic N) is 2. The lowest BCUT2D eigenvalue weighted by Crippen LogP contribution is -2.51. The number of amides is 2. The predicted octanol–water partition coefficient (Wildman–Crippen LogP) is 2.21. The summed E-state index contributed by atoms with van der Waals surface area (Å²) in [5, 5.41) is 2.96. The molecule has 1 fully saturated rings. The first-order chi connectivity index (χ1) is 13.0. The number of hydrogen-bond donors (Lipinski definition) is 1. The molecule has 3 rings (SSSR count). The fraction of sp³-hybridized carbons (Fsp3) is 0.333. The Bertz CT molecular complexity index is 799. The summed E-state index contributed by atoms with van der Waals surface area (Å²) in [4.78, 5) is 28.4. The number of rotatable bonds is 5. The summed E-state index contributed by atoms with van der Waals surface area (Å²) in [6.07, 6.45) is 0. The molecule has 0 radical (unpaired) electrons. The van der Waals surface area contributed by atoms with E-state index in [1.807, 2.05) is 36.1 Å². The molecule has 0 atom stereocenters. The van der Waals surface area contributed by atoms with Crippen LogP contribution in [-0.2, 0) is 11.3 Å². The largest absolute Gasteiger partial charge is 0.351 e. The SMILES string of the molecule is Cc1ccccc1CNC(=O)CN1CCN(C(=O)c2ccc(F)cc2)CC1. The van der Waals surface area contributed by atoms with E-state index in [2.05, 4.69) is 5.32 Å². The third-order valence-electron chi connectivity index (χ3n) is 4.86. The molecule has 1 aliphatic rings. The van der Waals surface area contributed by atoms with E-state index in [0.29, 0.717) is 44.8 Å². The van der Waals surface area contributed by atoms with Crippen LogP contribution in [0.3, 0.4) is 0 Å². The molecule has 5 nitrogen and oxygen atoms in total. The second-order valence-corrected chi connectivity index (χ2v) is 6.78. The van der Waals surface area contributed by atoms with Crippen molar-refractivity contribution in [3.8, 4) is 0 Å². The molecule has 0 spiro atoms. The standard InChI is InChI=1S/C21H24FN3O2/c1-16-4-2-3-5-18(16)14-23-20(26)15-24-10-12-25(13-11-24)21(27)17-6-8-19(22)9-7-17/h2-9H,10-15H2,1H3,(H,23,26). The highest BCUT2D eigenvalue weighted by molar-refractivity contribution is 5.94. The lowest BCUT2D eigenvalue weighted by Gasteiger charge is -2.34. The molecule has 0 aromatic heterocycles. The van der Waals surface area contributed by atoms with Crippen LogP contribution in [0.4, 0.5) is 4.39 Å². The molecule has 1 heterocycles. The number of benzene rings is 2. The van der Waals surface area contributed by atoms with Crippen LogP contribution in [0.15, 0.2) is 48.5 Å². The minimum absolute atomic E-state index is 0.0171. The Labute approximate surface area is 158 Å². The quantitative estimate of drug-likeness (QED) is 0.879. The molecule has 1 N–H and O–H groups in total. The Morgan fingerprint density at radius 2 is 1.67 bits per heavy atom. The van der Waals surface area contributed by atoms with Crippen LogP contribution in [0.25, 0.3) is 0 Å². The van der Waals surface area contributed by atoms with Crippen molar-refractivity contribution in [2.45, 2.75) is 13.5 Å². The highest BCUT2D eigenvalue weighted by atomic mass is 19.1. The number of aryl methyl sites for hydroxylation is 1. The second kappa shape index (κ2) is 8.77. The summed E-state index contributed by atoms with van der Waals surface area (Å²) >= 11 is 0. The van der Waals surface area contributed by atoms with Crippen LogP contribution in [0.5, 0.6) is 0 Å². The van der Waals surface area contributed by atoms with E-state index < -0.39 is 0 Å². The average molecular weight is 369 g/mol. The van der Waals surface area contributed by atoms with Crippen LogP contribution < -0.4 is 5.32 Å². The lowest BCUT2D eigenvalue weighted by atomic mass is 10.1. The number of nitrogens with one attached hydrogen (secondary N) is 1. The highest BCUT2D eigenvalue weighted by Crippen LogP contribution is 2.10. The molecule has 2 aromatic carbocycles. The van der Waals surface area contributed by atoms with Crippen molar-refractivity contribution >= 4 is 11.8 Å². The predicted molar refractivity (Wildman–Crippen MR) is 102 cm³/mol. The zero-order valence-corrected chi connectivity index (χ0v) is 15.5. The summed E-state index contributed by atoms with van der Waals surface area (Å²) in [6, 6.07) is 13.6. The van der Waals surface area contributed by atoms with Crippen LogP contribution >= 0.6 is 0 Å². The molecular weight excluding hydrogens is 345 g/mol. The number of halogens is 1. The number of hydrogen-bond acceptors (Lipinski definition) is 3. The summed E-state index contributed by atoms with van der Waals surface area (Å²) < 4.78 is 13.0. The normalized spacial score (nSPS) is 14.8. The zero-order chi connectivity index (χ0) is 19.2. The summed E-state index contributed by atoms with van der Waals surface area (Å²) in [5.41, 5.74) is 2.76. The van der Waals surface area contributed by atoms with Gasteiger partial charge < -0.3 is 10.2 Å². The van der Waals surface area contributed by atoms with E-state index in [-0.39, 0.29) is 17.6 Å². The van der Waals surface area contributed by atoms with Crippen molar-refractivity contribution in [3.63, 3.8) is 0 Å². The summed E-state index contributed by atoms with van der Waals surface area (Å²) in [5.74, 6) is -0.469. The minimum Gasteiger partial charge on any atom is -0.351 e. The maximum absolute atomic E-state index is 13.0. The van der Waals surface area contributed by atoms with E-state index in [1.165, 1.54) is 24.3 Å². The van der Waals surface area contributed by atoms with Gasteiger partial charge in [0.15, 0.2) is 0 Å². The second-order valence-electron chi connectivity index (χ2n) is 6.78. The van der Waals surface area contributed by atoms with E-state index in [9.17, 15) is 14.0 Å². The topological polar surface area (TPSA) is 52.7 Å². The van der Waals surface area contributed by atoms with Gasteiger partial charge >= 0.3 is 0 Å². The molecule has 1 aliphatic heterocycles. The van der Waals surface area contributed by atoms with E-state index in [1.54, 1.807) is 4.90 Å². The van der Waals surface area contributed by atoms with Crippen molar-refractivity contribution < 1.29 is 14.0 Å². The first-order valence-electron chi connectivity index (χ1n) is 9.11. The molecule has 2 amide bonds. The van der Waals surface area contributed by atoms with Gasteiger partial charge in [0.25, 0.3) is 5.91 Å². The minimum atomic E-state index is -0.354. The van der Waals surface area contributed by atoms with E-state index >= 15 is 0 Å². The van der Waals surface area contributed by atoms with Gasteiger partial charge in [0.2, 0.25) is 5.91 Å². The molecule has 6 heteroatoms. The van der Waals surface area contributed by atoms with Crippen LogP contribution in [0, 0.1) is 12.7 Å². The molecule has 142 valence electrons. The van der Waals surface area contributed by atoms with Gasteiger partial charge in [0, 0.05) is 38.3 Å². The van der Waals surface area contributed by atoms with Gasteiger partial charge in [-0.1, -0.05) is 24.3 Å². The Morgan fingerprint density at radius 1 is 1.00 bits per heavy atom. The van der Waals surface area contributed by atoms with Gasteiger partial charge in [-0.2, -0.15) is 0 Å². The lowest BCUT2D eigenvalue weighted by molar-refractivity contribution is -0.122. The van der Waals surface area contributed by atoms with Gasteiger partial charge in [-0.05, 0) is 42.3 Å². The Kier molecular flexibility index (Phi) is 6.19. The molecule has 0 bridgehead atoms. The van der Waals surface area contributed by atoms with Gasteiger partial charge in [-0.15, -0.1) is 0 Å². The monoisotopic (exact) mass is 369 g/mol. The van der Waals surface area contributed by atoms with Crippen molar-refractivity contribution in [1.82, 2.24) is 15.1 Å². The smallest absolute Gasteiger partial charge is 0.253 e. The van der Waals surface area contributed by atoms with Crippen molar-refractivity contribution in [2.24, 2.45) is 0 Å². The Balaban J connectivity index is 1.43. The number of carbonyl (C=O) groups is 2. The maximum atomic E-state index is 13.0. The first-order valence-corrected chi connectivity index (χ1v) is 9.11. The Morgan fingerprint density at radius 3 is 2.33 bits per heavy atom. The van der Waals surface area contributed by atoms with Crippen molar-refractivity contribution in [1.29, 1.82) is 0 Å². The van der Waals surface area contributed by atoms with Gasteiger partial charge in [0.05, 0.1) is 6.54 Å². The summed E-state index contributed by atoms with van der Waals surface area (Å²) in [6.45, 7) is 5.27. The van der Waals surface area contributed by atoms with Gasteiger partial charge in [-0.3, -0.25) is 14.5 Å². The third-order valence-corrected chi connectivity index (χ3v) is 4.86. The highest BCUT2D eigenvalue weighted by Gasteiger charge is 2.23. The summed E-state index contributed by atoms with van der Waals surface area (Å²) in [7, 11) is 0. The van der Waals surface area contributed by atoms with Crippen LogP contribution in [0.2, 0.25) is 0 Å². The molecule has 27 heavy (non-hydrogen) atoms. The zero-order valence-electron chi connectivity index (χ0n) is 15.5. The first kappa shape index (κ1) is 19.0. The molecule has 0 aliphatic carbocycles. The van der Waals surface area contributed by atoms with Gasteiger partial charge in [-0.25, -0.2) is 4.39 Å². The fourth-order valence-corrected chi connectivity index (χ4v) is 3.15. The molecule has 1 saturated heterocycles. The van der Waals surface area contributed by atoms with Gasteiger partial charge in [0.1, 0.15) is 5.82 Å². The molecule has 0 unspecified atom stereocenters. The fourth-order valence-electron chi connectivity index (χ4n) is 3.15. The van der Waals surface area contributed by atoms with E-state index in [4.69, 9.17) is 0 Å². The van der Waals surface area contributed by atoms with Crippen LogP contribution in [0.1, 0.15) is 21.5 Å². The molecule has 0 saturated carbocycles. The maximum Gasteiger partial charge on any atom is 0.253 e. The van der Waals surface area contributed by atoms with Crippen molar-refractivity contribution in [3.05, 3.63) is 71.0 Å². The molecule has 2 aromatic rings. The number of carbonyl (C=O) groups excluding carboxylic acids is 2. The number of piperazine rings is 1.